The number of hydrogen-bond acceptors (Lipinski definition) is 2. The van der Waals surface area contributed by atoms with Crippen molar-refractivity contribution in [2.24, 2.45) is 0 Å². The number of nitrogens with zero attached hydrogens (tertiary/aromatic N) is 1. The Balaban J connectivity index is 0.00000225. The second-order valence-electron chi connectivity index (χ2n) is 6.47. The zero-order valence-electron chi connectivity index (χ0n) is 14.3. The molecule has 0 bridgehead atoms. The number of alkyl halides is 3. The number of nitrogens with one attached hydrogen (secondary N) is 1. The number of hydrogen-bond donors (Lipinski definition) is 1. The van der Waals surface area contributed by atoms with Gasteiger partial charge in [0.25, 0.3) is 0 Å². The number of fused-ring (bicyclic) bond motifs is 1. The van der Waals surface area contributed by atoms with Crippen LogP contribution in [0.5, 0.6) is 0 Å². The molecule has 1 heterocycles. The summed E-state index contributed by atoms with van der Waals surface area (Å²) in [6.07, 6.45) is -4.76. The highest BCUT2D eigenvalue weighted by atomic mass is 35.5. The standard InChI is InChI=1S/C19H23F3N2.ClH/c1-14-6-7-17(16-5-3-2-4-15(14)16)18(8-9-19(20,21)22)24-12-10-23-11-13-24;/h2-7,18,23H,8-13H2,1H3;1H/t18-;/m0./s1. The Morgan fingerprint density at radius 2 is 1.68 bits per heavy atom. The van der Waals surface area contributed by atoms with E-state index in [0.29, 0.717) is 0 Å². The van der Waals surface area contributed by atoms with Crippen molar-refractivity contribution in [1.82, 2.24) is 10.2 Å². The second kappa shape index (κ2) is 8.39. The fourth-order valence-electron chi connectivity index (χ4n) is 3.59. The summed E-state index contributed by atoms with van der Waals surface area (Å²) < 4.78 is 38.5. The van der Waals surface area contributed by atoms with E-state index in [-0.39, 0.29) is 24.9 Å². The van der Waals surface area contributed by atoms with Crippen LogP contribution in [0.1, 0.15) is 30.0 Å². The second-order valence-corrected chi connectivity index (χ2v) is 6.47. The Labute approximate surface area is 152 Å². The van der Waals surface area contributed by atoms with Gasteiger partial charge >= 0.3 is 6.18 Å². The molecule has 1 fully saturated rings. The van der Waals surface area contributed by atoms with E-state index in [1.807, 2.05) is 43.3 Å². The number of benzene rings is 2. The molecule has 138 valence electrons. The lowest BCUT2D eigenvalue weighted by atomic mass is 9.92. The van der Waals surface area contributed by atoms with E-state index in [0.717, 1.165) is 48.1 Å². The summed E-state index contributed by atoms with van der Waals surface area (Å²) in [5, 5.41) is 5.48. The molecule has 2 aromatic rings. The maximum Gasteiger partial charge on any atom is 0.389 e. The molecule has 1 saturated heterocycles. The maximum absolute atomic E-state index is 12.8. The molecule has 0 amide bonds. The number of aryl methyl sites for hydroxylation is 1. The van der Waals surface area contributed by atoms with Crippen molar-refractivity contribution >= 4 is 23.2 Å². The molecule has 0 spiro atoms. The van der Waals surface area contributed by atoms with Crippen LogP contribution < -0.4 is 5.32 Å². The highest BCUT2D eigenvalue weighted by Crippen LogP contribution is 2.36. The van der Waals surface area contributed by atoms with Crippen molar-refractivity contribution in [1.29, 1.82) is 0 Å². The molecule has 0 saturated carbocycles. The topological polar surface area (TPSA) is 15.3 Å². The van der Waals surface area contributed by atoms with Crippen molar-refractivity contribution < 1.29 is 13.2 Å². The van der Waals surface area contributed by atoms with Crippen LogP contribution >= 0.6 is 12.4 Å². The molecule has 1 aliphatic rings. The number of halogens is 4. The minimum Gasteiger partial charge on any atom is -0.314 e. The van der Waals surface area contributed by atoms with Crippen molar-refractivity contribution in [3.63, 3.8) is 0 Å². The molecule has 1 atom stereocenters. The minimum atomic E-state index is -4.12. The Kier molecular flexibility index (Phi) is 6.72. The molecule has 1 N–H and O–H groups in total. The highest BCUT2D eigenvalue weighted by molar-refractivity contribution is 5.88. The highest BCUT2D eigenvalue weighted by Gasteiger charge is 2.31. The molecular formula is C19H24ClF3N2. The summed E-state index contributed by atoms with van der Waals surface area (Å²) in [5.74, 6) is 0. The fourth-order valence-corrected chi connectivity index (χ4v) is 3.59. The maximum atomic E-state index is 12.8. The first-order valence-electron chi connectivity index (χ1n) is 8.45. The van der Waals surface area contributed by atoms with Crippen LogP contribution in [0.2, 0.25) is 0 Å². The third kappa shape index (κ3) is 4.87. The van der Waals surface area contributed by atoms with Gasteiger partial charge < -0.3 is 5.32 Å². The molecule has 0 aromatic heterocycles. The average Bonchev–Trinajstić information content (AvgIpc) is 2.57. The van der Waals surface area contributed by atoms with Crippen LogP contribution in [0.4, 0.5) is 13.2 Å². The third-order valence-corrected chi connectivity index (χ3v) is 4.83. The lowest BCUT2D eigenvalue weighted by molar-refractivity contribution is -0.138. The lowest BCUT2D eigenvalue weighted by Crippen LogP contribution is -2.45. The first-order valence-corrected chi connectivity index (χ1v) is 8.45. The van der Waals surface area contributed by atoms with E-state index in [1.54, 1.807) is 0 Å². The van der Waals surface area contributed by atoms with Gasteiger partial charge in [0.05, 0.1) is 0 Å². The van der Waals surface area contributed by atoms with Crippen LogP contribution in [0.25, 0.3) is 10.8 Å². The van der Waals surface area contributed by atoms with Crippen LogP contribution in [0, 0.1) is 6.92 Å². The van der Waals surface area contributed by atoms with Gasteiger partial charge in [-0.05, 0) is 35.2 Å². The van der Waals surface area contributed by atoms with Gasteiger partial charge in [0.15, 0.2) is 0 Å². The Morgan fingerprint density at radius 3 is 2.32 bits per heavy atom. The number of rotatable bonds is 4. The largest absolute Gasteiger partial charge is 0.389 e. The van der Waals surface area contributed by atoms with Crippen molar-refractivity contribution in [3.05, 3.63) is 47.5 Å². The summed E-state index contributed by atoms with van der Waals surface area (Å²) in [4.78, 5) is 2.19. The summed E-state index contributed by atoms with van der Waals surface area (Å²) in [7, 11) is 0. The average molecular weight is 373 g/mol. The van der Waals surface area contributed by atoms with Crippen LogP contribution in [0.15, 0.2) is 36.4 Å². The Morgan fingerprint density at radius 1 is 1.04 bits per heavy atom. The zero-order chi connectivity index (χ0) is 17.2. The monoisotopic (exact) mass is 372 g/mol. The first kappa shape index (κ1) is 20.0. The molecule has 25 heavy (non-hydrogen) atoms. The Hall–Kier alpha value is -1.30. The predicted octanol–water partition coefficient (Wildman–Crippen LogP) is 4.86. The fraction of sp³-hybridized carbons (Fsp3) is 0.474. The van der Waals surface area contributed by atoms with E-state index in [9.17, 15) is 13.2 Å². The van der Waals surface area contributed by atoms with Gasteiger partial charge in [0.1, 0.15) is 0 Å². The van der Waals surface area contributed by atoms with Gasteiger partial charge in [-0.2, -0.15) is 13.2 Å². The first-order chi connectivity index (χ1) is 11.5. The molecule has 3 rings (SSSR count). The van der Waals surface area contributed by atoms with Gasteiger partial charge in [-0.3, -0.25) is 4.90 Å². The minimum absolute atomic E-state index is 0. The van der Waals surface area contributed by atoms with Crippen LogP contribution in [-0.4, -0.2) is 37.3 Å². The SMILES string of the molecule is Cc1ccc([C@H](CCC(F)(F)F)N2CCNCC2)c2ccccc12.Cl. The molecule has 1 aliphatic heterocycles. The number of piperazine rings is 1. The van der Waals surface area contributed by atoms with Gasteiger partial charge in [0, 0.05) is 38.6 Å². The molecule has 2 nitrogen and oxygen atoms in total. The van der Waals surface area contributed by atoms with Crippen molar-refractivity contribution in [2.45, 2.75) is 32.0 Å². The van der Waals surface area contributed by atoms with E-state index < -0.39 is 12.6 Å². The smallest absolute Gasteiger partial charge is 0.314 e. The molecule has 0 aliphatic carbocycles. The molecule has 6 heteroatoms. The third-order valence-electron chi connectivity index (χ3n) is 4.83. The zero-order valence-corrected chi connectivity index (χ0v) is 15.1. The van der Waals surface area contributed by atoms with Crippen LogP contribution in [-0.2, 0) is 0 Å². The van der Waals surface area contributed by atoms with Gasteiger partial charge in [-0.15, -0.1) is 12.4 Å². The summed E-state index contributed by atoms with van der Waals surface area (Å²) >= 11 is 0. The lowest BCUT2D eigenvalue weighted by Gasteiger charge is -2.36. The van der Waals surface area contributed by atoms with Gasteiger partial charge in [-0.1, -0.05) is 36.4 Å². The quantitative estimate of drug-likeness (QED) is 0.824. The summed E-state index contributed by atoms with van der Waals surface area (Å²) in [6, 6.07) is 11.9. The normalized spacial score (nSPS) is 17.3. The summed E-state index contributed by atoms with van der Waals surface area (Å²) in [5.41, 5.74) is 2.17. The van der Waals surface area contributed by atoms with E-state index in [1.165, 1.54) is 0 Å². The molecule has 0 radical (unpaired) electrons. The predicted molar refractivity (Wildman–Crippen MR) is 98.4 cm³/mol. The van der Waals surface area contributed by atoms with Gasteiger partial charge in [-0.25, -0.2) is 0 Å². The van der Waals surface area contributed by atoms with E-state index in [2.05, 4.69) is 10.2 Å². The Bertz CT molecular complexity index is 697. The van der Waals surface area contributed by atoms with E-state index >= 15 is 0 Å². The molecule has 0 unspecified atom stereocenters. The summed E-state index contributed by atoms with van der Waals surface area (Å²) in [6.45, 7) is 5.26. The van der Waals surface area contributed by atoms with Crippen LogP contribution in [0.3, 0.4) is 0 Å². The molecular weight excluding hydrogens is 349 g/mol. The molecule has 2 aromatic carbocycles. The van der Waals surface area contributed by atoms with Crippen molar-refractivity contribution in [2.75, 3.05) is 26.2 Å². The van der Waals surface area contributed by atoms with Crippen molar-refractivity contribution in [3.8, 4) is 0 Å². The van der Waals surface area contributed by atoms with Gasteiger partial charge in [0.2, 0.25) is 0 Å². The van der Waals surface area contributed by atoms with E-state index in [4.69, 9.17) is 0 Å².